The number of likely N-dealkylation sites (tertiary alicyclic amines) is 1. The van der Waals surface area contributed by atoms with Crippen LogP contribution in [-0.4, -0.2) is 45.8 Å². The summed E-state index contributed by atoms with van der Waals surface area (Å²) in [7, 11) is 0. The summed E-state index contributed by atoms with van der Waals surface area (Å²) in [4.78, 5) is 21.7. The van der Waals surface area contributed by atoms with Crippen LogP contribution >= 0.6 is 11.6 Å². The van der Waals surface area contributed by atoms with Crippen LogP contribution in [0.1, 0.15) is 39.3 Å². The second-order valence-electron chi connectivity index (χ2n) is 6.32. The Balaban J connectivity index is 1.84. The minimum absolute atomic E-state index is 0.0185. The van der Waals surface area contributed by atoms with Gasteiger partial charge >= 0.3 is 6.09 Å². The van der Waals surface area contributed by atoms with Crippen LogP contribution in [-0.2, 0) is 16.1 Å². The van der Waals surface area contributed by atoms with E-state index in [4.69, 9.17) is 21.1 Å². The van der Waals surface area contributed by atoms with Crippen molar-refractivity contribution in [2.75, 3.05) is 13.1 Å². The molecule has 0 aliphatic carbocycles. The van der Waals surface area contributed by atoms with Crippen molar-refractivity contribution in [3.05, 3.63) is 23.2 Å². The molecular formula is C15H22ClN3O3. The minimum atomic E-state index is -0.484. The summed E-state index contributed by atoms with van der Waals surface area (Å²) in [5, 5.41) is 0.208. The molecule has 0 aromatic carbocycles. The molecule has 122 valence electrons. The van der Waals surface area contributed by atoms with Gasteiger partial charge in [-0.3, -0.25) is 0 Å². The Labute approximate surface area is 135 Å². The first kappa shape index (κ1) is 17.0. The zero-order valence-electron chi connectivity index (χ0n) is 13.2. The molecule has 2 heterocycles. The number of carbonyl (C=O) groups excluding carboxylic acids is 1. The topological polar surface area (TPSA) is 64.5 Å². The van der Waals surface area contributed by atoms with E-state index in [1.165, 1.54) is 0 Å². The van der Waals surface area contributed by atoms with E-state index in [-0.39, 0.29) is 17.5 Å². The number of hydrogen-bond donors (Lipinski definition) is 0. The van der Waals surface area contributed by atoms with Crippen molar-refractivity contribution in [3.8, 4) is 0 Å². The summed E-state index contributed by atoms with van der Waals surface area (Å²) in [6, 6.07) is 1.76. The van der Waals surface area contributed by atoms with Crippen LogP contribution in [0, 0.1) is 0 Å². The molecule has 0 bridgehead atoms. The number of aromatic nitrogens is 2. The van der Waals surface area contributed by atoms with Gasteiger partial charge in [0.05, 0.1) is 24.9 Å². The van der Waals surface area contributed by atoms with Crippen molar-refractivity contribution in [2.45, 2.75) is 51.9 Å². The van der Waals surface area contributed by atoms with Gasteiger partial charge in [0, 0.05) is 12.7 Å². The van der Waals surface area contributed by atoms with E-state index in [0.717, 1.165) is 18.5 Å². The molecule has 2 rings (SSSR count). The predicted octanol–water partition coefficient (Wildman–Crippen LogP) is 3.05. The normalized spacial score (nSPS) is 19.1. The molecule has 0 N–H and O–H groups in total. The lowest BCUT2D eigenvalue weighted by Gasteiger charge is -2.34. The first-order chi connectivity index (χ1) is 10.3. The molecule has 0 unspecified atom stereocenters. The lowest BCUT2D eigenvalue weighted by Crippen LogP contribution is -2.45. The van der Waals surface area contributed by atoms with E-state index in [9.17, 15) is 4.79 Å². The molecule has 1 amide bonds. The number of nitrogens with zero attached hydrogens (tertiary/aromatic N) is 3. The summed E-state index contributed by atoms with van der Waals surface area (Å²) in [6.07, 6.45) is 3.11. The third-order valence-corrected chi connectivity index (χ3v) is 3.36. The van der Waals surface area contributed by atoms with Gasteiger partial charge < -0.3 is 14.4 Å². The van der Waals surface area contributed by atoms with E-state index in [1.807, 2.05) is 20.8 Å². The van der Waals surface area contributed by atoms with Crippen molar-refractivity contribution in [1.29, 1.82) is 0 Å². The van der Waals surface area contributed by atoms with Gasteiger partial charge in [0.25, 0.3) is 0 Å². The SMILES string of the molecule is CC(C)(C)OC(=O)N1CCC[C@@H](OCc2ccnc(Cl)n2)C1. The highest BCUT2D eigenvalue weighted by Gasteiger charge is 2.28. The average Bonchev–Trinajstić information content (AvgIpc) is 2.44. The molecule has 7 heteroatoms. The molecule has 0 spiro atoms. The van der Waals surface area contributed by atoms with E-state index < -0.39 is 5.60 Å². The molecular weight excluding hydrogens is 306 g/mol. The molecule has 1 atom stereocenters. The smallest absolute Gasteiger partial charge is 0.410 e. The monoisotopic (exact) mass is 327 g/mol. The number of amides is 1. The molecule has 1 fully saturated rings. The van der Waals surface area contributed by atoms with Crippen LogP contribution < -0.4 is 0 Å². The first-order valence-electron chi connectivity index (χ1n) is 7.40. The molecule has 0 radical (unpaired) electrons. The fourth-order valence-electron chi connectivity index (χ4n) is 2.22. The Morgan fingerprint density at radius 3 is 2.95 bits per heavy atom. The Hall–Kier alpha value is -1.40. The summed E-state index contributed by atoms with van der Waals surface area (Å²) >= 11 is 5.75. The van der Waals surface area contributed by atoms with Crippen LogP contribution in [0.3, 0.4) is 0 Å². The van der Waals surface area contributed by atoms with Crippen LogP contribution in [0.25, 0.3) is 0 Å². The third-order valence-electron chi connectivity index (χ3n) is 3.18. The fourth-order valence-corrected chi connectivity index (χ4v) is 2.38. The second kappa shape index (κ2) is 7.24. The lowest BCUT2D eigenvalue weighted by molar-refractivity contribution is -0.0266. The molecule has 1 aliphatic rings. The van der Waals surface area contributed by atoms with Crippen molar-refractivity contribution >= 4 is 17.7 Å². The average molecular weight is 328 g/mol. The van der Waals surface area contributed by atoms with Gasteiger partial charge in [-0.15, -0.1) is 0 Å². The summed E-state index contributed by atoms with van der Waals surface area (Å²) in [5.74, 6) is 0. The summed E-state index contributed by atoms with van der Waals surface area (Å²) < 4.78 is 11.2. The van der Waals surface area contributed by atoms with Crippen LogP contribution in [0.15, 0.2) is 12.3 Å². The zero-order chi connectivity index (χ0) is 16.2. The van der Waals surface area contributed by atoms with Gasteiger partial charge in [-0.05, 0) is 51.3 Å². The molecule has 22 heavy (non-hydrogen) atoms. The summed E-state index contributed by atoms with van der Waals surface area (Å²) in [5.41, 5.74) is 0.247. The van der Waals surface area contributed by atoms with Crippen molar-refractivity contribution in [1.82, 2.24) is 14.9 Å². The van der Waals surface area contributed by atoms with Gasteiger partial charge in [-0.1, -0.05) is 0 Å². The van der Waals surface area contributed by atoms with E-state index >= 15 is 0 Å². The van der Waals surface area contributed by atoms with Gasteiger partial charge in [-0.25, -0.2) is 14.8 Å². The molecule has 1 aromatic heterocycles. The second-order valence-corrected chi connectivity index (χ2v) is 6.66. The molecule has 6 nitrogen and oxygen atoms in total. The highest BCUT2D eigenvalue weighted by molar-refractivity contribution is 6.28. The lowest BCUT2D eigenvalue weighted by atomic mass is 10.1. The Morgan fingerprint density at radius 1 is 1.50 bits per heavy atom. The highest BCUT2D eigenvalue weighted by Crippen LogP contribution is 2.18. The van der Waals surface area contributed by atoms with Crippen LogP contribution in [0.5, 0.6) is 0 Å². The number of ether oxygens (including phenoxy) is 2. The largest absolute Gasteiger partial charge is 0.444 e. The van der Waals surface area contributed by atoms with Gasteiger partial charge in [0.2, 0.25) is 5.28 Å². The van der Waals surface area contributed by atoms with Crippen LogP contribution in [0.2, 0.25) is 5.28 Å². The van der Waals surface area contributed by atoms with Gasteiger partial charge in [-0.2, -0.15) is 0 Å². The molecule has 1 aliphatic heterocycles. The number of hydrogen-bond acceptors (Lipinski definition) is 5. The first-order valence-corrected chi connectivity index (χ1v) is 7.78. The predicted molar refractivity (Wildman–Crippen MR) is 82.7 cm³/mol. The molecule has 1 saturated heterocycles. The van der Waals surface area contributed by atoms with E-state index in [2.05, 4.69) is 9.97 Å². The maximum atomic E-state index is 12.1. The van der Waals surface area contributed by atoms with Crippen molar-refractivity contribution < 1.29 is 14.3 Å². The maximum absolute atomic E-state index is 12.1. The zero-order valence-corrected chi connectivity index (χ0v) is 14.0. The van der Waals surface area contributed by atoms with Gasteiger partial charge in [0.15, 0.2) is 0 Å². The standard InChI is InChI=1S/C15H22ClN3O3/c1-15(2,3)22-14(20)19-8-4-5-12(9-19)21-10-11-6-7-17-13(16)18-11/h6-7,12H,4-5,8-10H2,1-3H3/t12-/m1/s1. The molecule has 0 saturated carbocycles. The van der Waals surface area contributed by atoms with Crippen LogP contribution in [0.4, 0.5) is 4.79 Å². The Bertz CT molecular complexity index is 519. The number of piperidine rings is 1. The van der Waals surface area contributed by atoms with Gasteiger partial charge in [0.1, 0.15) is 5.60 Å². The van der Waals surface area contributed by atoms with E-state index in [0.29, 0.717) is 19.7 Å². The van der Waals surface area contributed by atoms with E-state index in [1.54, 1.807) is 17.2 Å². The minimum Gasteiger partial charge on any atom is -0.444 e. The van der Waals surface area contributed by atoms with Crippen molar-refractivity contribution in [2.24, 2.45) is 0 Å². The number of rotatable bonds is 3. The fraction of sp³-hybridized carbons (Fsp3) is 0.667. The van der Waals surface area contributed by atoms with Crippen molar-refractivity contribution in [3.63, 3.8) is 0 Å². The third kappa shape index (κ3) is 5.42. The molecule has 1 aromatic rings. The number of carbonyl (C=O) groups is 1. The quantitative estimate of drug-likeness (QED) is 0.798. The summed E-state index contributed by atoms with van der Waals surface area (Å²) in [6.45, 7) is 7.18. The Morgan fingerprint density at radius 2 is 2.27 bits per heavy atom. The Kier molecular flexibility index (Phi) is 5.58. The highest BCUT2D eigenvalue weighted by atomic mass is 35.5. The number of halogens is 1. The maximum Gasteiger partial charge on any atom is 0.410 e.